The molecule has 0 heterocycles. The minimum Gasteiger partial charge on any atom is -0.0874 e. The number of aryl methyl sites for hydroxylation is 1. The van der Waals surface area contributed by atoms with E-state index in [-0.39, 0.29) is 0 Å². The summed E-state index contributed by atoms with van der Waals surface area (Å²) >= 11 is 0. The fourth-order valence-corrected chi connectivity index (χ4v) is 3.21. The molecule has 3 rings (SSSR count). The normalized spacial score (nSPS) is 11.6. The predicted molar refractivity (Wildman–Crippen MR) is 131 cm³/mol. The molecule has 0 fully saturated rings. The van der Waals surface area contributed by atoms with Gasteiger partial charge in [-0.15, -0.1) is 0 Å². The van der Waals surface area contributed by atoms with Gasteiger partial charge in [0.1, 0.15) is 0 Å². The molecule has 0 radical (unpaired) electrons. The van der Waals surface area contributed by atoms with Crippen LogP contribution >= 0.6 is 0 Å². The fraction of sp³-hybridized carbons (Fsp3) is 0.172. The molecule has 0 N–H and O–H groups in total. The first-order chi connectivity index (χ1) is 14.2. The lowest BCUT2D eigenvalue weighted by Crippen LogP contribution is -1.88. The Balaban J connectivity index is 0.00000145. The lowest BCUT2D eigenvalue weighted by atomic mass is 9.91. The van der Waals surface area contributed by atoms with Gasteiger partial charge in [-0.1, -0.05) is 128 Å². The maximum absolute atomic E-state index is 2.21. The molecule has 0 aliphatic carbocycles. The maximum Gasteiger partial charge on any atom is -0.00994 e. The highest BCUT2D eigenvalue weighted by atomic mass is 14.1. The van der Waals surface area contributed by atoms with E-state index in [2.05, 4.69) is 117 Å². The van der Waals surface area contributed by atoms with E-state index in [1.165, 1.54) is 39.0 Å². The number of allylic oxidation sites excluding steroid dienone is 5. The Morgan fingerprint density at radius 2 is 1.31 bits per heavy atom. The van der Waals surface area contributed by atoms with Crippen LogP contribution in [0.5, 0.6) is 0 Å². The van der Waals surface area contributed by atoms with E-state index < -0.39 is 0 Å². The number of benzene rings is 3. The molecule has 0 saturated carbocycles. The average Bonchev–Trinajstić information content (AvgIpc) is 2.76. The maximum atomic E-state index is 2.21. The third kappa shape index (κ3) is 6.19. The minimum absolute atomic E-state index is 1.22. The van der Waals surface area contributed by atoms with Crippen LogP contribution in [0.3, 0.4) is 0 Å². The molecule has 0 nitrogen and oxygen atoms in total. The quantitative estimate of drug-likeness (QED) is 0.388. The van der Waals surface area contributed by atoms with Crippen molar-refractivity contribution in [3.05, 3.63) is 114 Å². The molecular weight excluding hydrogens is 348 g/mol. The fourth-order valence-electron chi connectivity index (χ4n) is 3.21. The van der Waals surface area contributed by atoms with E-state index in [1.807, 2.05) is 20.8 Å². The highest BCUT2D eigenvalue weighted by Crippen LogP contribution is 2.34. The molecular formula is C29H32. The largest absolute Gasteiger partial charge is 0.0874 e. The molecule has 0 heteroatoms. The van der Waals surface area contributed by atoms with Crippen molar-refractivity contribution < 1.29 is 0 Å². The van der Waals surface area contributed by atoms with Crippen molar-refractivity contribution in [2.75, 3.05) is 0 Å². The van der Waals surface area contributed by atoms with Crippen LogP contribution in [0.1, 0.15) is 38.8 Å². The summed E-state index contributed by atoms with van der Waals surface area (Å²) in [5.74, 6) is 0. The van der Waals surface area contributed by atoms with Gasteiger partial charge in [0, 0.05) is 0 Å². The third-order valence-corrected chi connectivity index (χ3v) is 4.61. The highest BCUT2D eigenvalue weighted by molar-refractivity contribution is 5.87. The summed E-state index contributed by atoms with van der Waals surface area (Å²) in [6.07, 6.45) is 10.6. The summed E-state index contributed by atoms with van der Waals surface area (Å²) in [5.41, 5.74) is 8.77. The molecule has 3 aromatic carbocycles. The van der Waals surface area contributed by atoms with Crippen LogP contribution in [-0.2, 0) is 0 Å². The predicted octanol–water partition coefficient (Wildman–Crippen LogP) is 8.89. The second-order valence-corrected chi connectivity index (χ2v) is 6.77. The SMILES string of the molecule is CC.C\C=C/C(C)=C\C=C\c1ccccc1-c1ccccc1-c1ccc(C)cc1. The van der Waals surface area contributed by atoms with E-state index in [9.17, 15) is 0 Å². The molecule has 0 aliphatic heterocycles. The smallest absolute Gasteiger partial charge is 0.00994 e. The van der Waals surface area contributed by atoms with Gasteiger partial charge >= 0.3 is 0 Å². The number of rotatable bonds is 5. The Labute approximate surface area is 176 Å². The average molecular weight is 381 g/mol. The summed E-state index contributed by atoms with van der Waals surface area (Å²) in [6.45, 7) is 10.3. The van der Waals surface area contributed by atoms with E-state index in [4.69, 9.17) is 0 Å². The number of hydrogen-bond acceptors (Lipinski definition) is 0. The van der Waals surface area contributed by atoms with Crippen molar-refractivity contribution >= 4 is 6.08 Å². The van der Waals surface area contributed by atoms with Gasteiger partial charge in [-0.05, 0) is 48.6 Å². The molecule has 0 saturated heterocycles. The van der Waals surface area contributed by atoms with Gasteiger partial charge in [-0.3, -0.25) is 0 Å². The van der Waals surface area contributed by atoms with E-state index in [0.29, 0.717) is 0 Å². The summed E-state index contributed by atoms with van der Waals surface area (Å²) in [4.78, 5) is 0. The summed E-state index contributed by atoms with van der Waals surface area (Å²) in [6, 6.07) is 26.0. The molecule has 0 aromatic heterocycles. The molecule has 0 bridgehead atoms. The van der Waals surface area contributed by atoms with Gasteiger partial charge in [0.15, 0.2) is 0 Å². The van der Waals surface area contributed by atoms with Crippen molar-refractivity contribution in [2.24, 2.45) is 0 Å². The van der Waals surface area contributed by atoms with Gasteiger partial charge in [0.05, 0.1) is 0 Å². The van der Waals surface area contributed by atoms with Crippen LogP contribution in [0.2, 0.25) is 0 Å². The van der Waals surface area contributed by atoms with Gasteiger partial charge in [-0.2, -0.15) is 0 Å². The van der Waals surface area contributed by atoms with E-state index in [1.54, 1.807) is 0 Å². The minimum atomic E-state index is 1.22. The summed E-state index contributed by atoms with van der Waals surface area (Å²) in [5, 5.41) is 0. The lowest BCUT2D eigenvalue weighted by Gasteiger charge is -2.13. The third-order valence-electron chi connectivity index (χ3n) is 4.61. The molecule has 0 spiro atoms. The Morgan fingerprint density at radius 1 is 0.724 bits per heavy atom. The first-order valence-electron chi connectivity index (χ1n) is 10.4. The standard InChI is InChI=1S/C27H26.C2H6/c1-4-10-21(2)11-9-13-23-12-5-6-14-25(23)27-16-8-7-15-26(27)24-19-17-22(3)18-20-24;1-2/h4-20H,1-3H3;1-2H3/b10-4-,13-9+,21-11-;. The van der Waals surface area contributed by atoms with E-state index in [0.717, 1.165) is 0 Å². The van der Waals surface area contributed by atoms with Crippen LogP contribution in [-0.4, -0.2) is 0 Å². The van der Waals surface area contributed by atoms with Gasteiger partial charge in [0.25, 0.3) is 0 Å². The first kappa shape index (κ1) is 22.2. The number of hydrogen-bond donors (Lipinski definition) is 0. The second-order valence-electron chi connectivity index (χ2n) is 6.77. The molecule has 3 aromatic rings. The van der Waals surface area contributed by atoms with Crippen molar-refractivity contribution in [1.29, 1.82) is 0 Å². The topological polar surface area (TPSA) is 0 Å². The Hall–Kier alpha value is -3.12. The summed E-state index contributed by atoms with van der Waals surface area (Å²) in [7, 11) is 0. The zero-order valence-corrected chi connectivity index (χ0v) is 18.3. The molecule has 0 unspecified atom stereocenters. The monoisotopic (exact) mass is 380 g/mol. The summed E-state index contributed by atoms with van der Waals surface area (Å²) < 4.78 is 0. The van der Waals surface area contributed by atoms with Crippen molar-refractivity contribution in [3.63, 3.8) is 0 Å². The van der Waals surface area contributed by atoms with Crippen molar-refractivity contribution in [3.8, 4) is 22.3 Å². The second kappa shape index (κ2) is 11.7. The zero-order valence-electron chi connectivity index (χ0n) is 18.3. The van der Waals surface area contributed by atoms with Crippen molar-refractivity contribution in [1.82, 2.24) is 0 Å². The molecule has 0 atom stereocenters. The lowest BCUT2D eigenvalue weighted by molar-refractivity contribution is 1.47. The molecule has 148 valence electrons. The van der Waals surface area contributed by atoms with Crippen LogP contribution in [0.25, 0.3) is 28.3 Å². The van der Waals surface area contributed by atoms with Crippen LogP contribution in [0, 0.1) is 6.92 Å². The molecule has 29 heavy (non-hydrogen) atoms. The zero-order chi connectivity index (χ0) is 21.1. The van der Waals surface area contributed by atoms with Crippen LogP contribution in [0.15, 0.2) is 103 Å². The van der Waals surface area contributed by atoms with Crippen LogP contribution in [0.4, 0.5) is 0 Å². The van der Waals surface area contributed by atoms with Crippen molar-refractivity contribution in [2.45, 2.75) is 34.6 Å². The van der Waals surface area contributed by atoms with Gasteiger partial charge in [-0.25, -0.2) is 0 Å². The van der Waals surface area contributed by atoms with Crippen LogP contribution < -0.4 is 0 Å². The van der Waals surface area contributed by atoms with E-state index >= 15 is 0 Å². The Kier molecular flexibility index (Phi) is 8.92. The molecule has 0 amide bonds. The first-order valence-corrected chi connectivity index (χ1v) is 10.4. The highest BCUT2D eigenvalue weighted by Gasteiger charge is 2.09. The molecule has 0 aliphatic rings. The Morgan fingerprint density at radius 3 is 1.97 bits per heavy atom. The van der Waals surface area contributed by atoms with Gasteiger partial charge in [0.2, 0.25) is 0 Å². The Bertz CT molecular complexity index is 983. The van der Waals surface area contributed by atoms with Gasteiger partial charge < -0.3 is 0 Å².